The van der Waals surface area contributed by atoms with Crippen LogP contribution in [-0.4, -0.2) is 29.9 Å². The molecule has 1 heterocycles. The lowest BCUT2D eigenvalue weighted by Gasteiger charge is -2.34. The summed E-state index contributed by atoms with van der Waals surface area (Å²) in [6.45, 7) is 7.70. The van der Waals surface area contributed by atoms with Crippen LogP contribution in [0.25, 0.3) is 0 Å². The summed E-state index contributed by atoms with van der Waals surface area (Å²) in [5.41, 5.74) is 6.78. The molecule has 2 N–H and O–H groups in total. The van der Waals surface area contributed by atoms with Gasteiger partial charge in [-0.05, 0) is 39.0 Å². The van der Waals surface area contributed by atoms with Crippen LogP contribution in [0.1, 0.15) is 40.0 Å². The largest absolute Gasteiger partial charge is 0.339 e. The third kappa shape index (κ3) is 3.34. The molecule has 0 aromatic rings. The molecule has 2 atom stereocenters. The zero-order valence-corrected chi connectivity index (χ0v) is 10.7. The minimum absolute atomic E-state index is 0.186. The summed E-state index contributed by atoms with van der Waals surface area (Å²) in [6.07, 6.45) is 5.15. The van der Waals surface area contributed by atoms with Crippen LogP contribution >= 0.6 is 0 Å². The first-order chi connectivity index (χ1) is 7.56. The molecule has 0 aromatic heterocycles. The molecule has 0 spiro atoms. The van der Waals surface area contributed by atoms with Gasteiger partial charge in [0.2, 0.25) is 5.91 Å². The van der Waals surface area contributed by atoms with Crippen molar-refractivity contribution in [1.82, 2.24) is 4.90 Å². The van der Waals surface area contributed by atoms with Crippen molar-refractivity contribution in [1.29, 1.82) is 0 Å². The second kappa shape index (κ2) is 6.04. The summed E-state index contributed by atoms with van der Waals surface area (Å²) in [5.74, 6) is 0.652. The molecule has 0 radical (unpaired) electrons. The van der Waals surface area contributed by atoms with E-state index < -0.39 is 0 Å². The number of nitrogens with zero attached hydrogens (tertiary/aromatic N) is 1. The number of carbonyl (C=O) groups excluding carboxylic acids is 1. The van der Waals surface area contributed by atoms with Crippen molar-refractivity contribution in [3.8, 4) is 0 Å². The van der Waals surface area contributed by atoms with Crippen molar-refractivity contribution < 1.29 is 4.79 Å². The molecular weight excluding hydrogens is 200 g/mol. The van der Waals surface area contributed by atoms with Gasteiger partial charge in [0.05, 0.1) is 0 Å². The third-order valence-corrected chi connectivity index (χ3v) is 3.34. The number of allylic oxidation sites excluding steroid dienone is 1. The van der Waals surface area contributed by atoms with E-state index in [9.17, 15) is 4.79 Å². The minimum atomic E-state index is 0.186. The minimum Gasteiger partial charge on any atom is -0.339 e. The summed E-state index contributed by atoms with van der Waals surface area (Å²) < 4.78 is 0. The Bertz CT molecular complexity index is 271. The fourth-order valence-corrected chi connectivity index (χ4v) is 2.27. The smallest absolute Gasteiger partial charge is 0.249 e. The Balaban J connectivity index is 2.60. The highest BCUT2D eigenvalue weighted by Gasteiger charge is 2.25. The maximum atomic E-state index is 12.1. The van der Waals surface area contributed by atoms with Gasteiger partial charge >= 0.3 is 0 Å². The van der Waals surface area contributed by atoms with Crippen LogP contribution in [0.2, 0.25) is 0 Å². The molecule has 0 aliphatic carbocycles. The maximum absolute atomic E-state index is 12.1. The lowest BCUT2D eigenvalue weighted by atomic mass is 9.92. The highest BCUT2D eigenvalue weighted by molar-refractivity contribution is 5.92. The van der Waals surface area contributed by atoms with Crippen LogP contribution in [0, 0.1) is 5.92 Å². The quantitative estimate of drug-likeness (QED) is 0.745. The number of hydrogen-bond acceptors (Lipinski definition) is 2. The number of rotatable bonds is 3. The van der Waals surface area contributed by atoms with Gasteiger partial charge in [0.25, 0.3) is 0 Å². The van der Waals surface area contributed by atoms with Crippen molar-refractivity contribution in [2.75, 3.05) is 13.1 Å². The van der Waals surface area contributed by atoms with E-state index in [2.05, 4.69) is 6.92 Å². The van der Waals surface area contributed by atoms with Gasteiger partial charge in [-0.25, -0.2) is 0 Å². The van der Waals surface area contributed by atoms with Crippen LogP contribution in [0.4, 0.5) is 0 Å². The van der Waals surface area contributed by atoms with Gasteiger partial charge in [-0.15, -0.1) is 0 Å². The molecule has 16 heavy (non-hydrogen) atoms. The number of likely N-dealkylation sites (tertiary alicyclic amines) is 1. The van der Waals surface area contributed by atoms with Crippen molar-refractivity contribution in [2.24, 2.45) is 11.7 Å². The van der Waals surface area contributed by atoms with Crippen molar-refractivity contribution >= 4 is 5.91 Å². The first-order valence-corrected chi connectivity index (χ1v) is 6.27. The molecule has 1 rings (SSSR count). The molecular formula is C13H24N2O. The van der Waals surface area contributed by atoms with E-state index in [1.54, 1.807) is 0 Å². The topological polar surface area (TPSA) is 46.3 Å². The van der Waals surface area contributed by atoms with E-state index in [-0.39, 0.29) is 11.9 Å². The number of hydrogen-bond donors (Lipinski definition) is 1. The van der Waals surface area contributed by atoms with Gasteiger partial charge in [0.1, 0.15) is 0 Å². The Morgan fingerprint density at radius 3 is 2.88 bits per heavy atom. The van der Waals surface area contributed by atoms with E-state index in [1.807, 2.05) is 24.8 Å². The first-order valence-electron chi connectivity index (χ1n) is 6.27. The summed E-state index contributed by atoms with van der Waals surface area (Å²) in [4.78, 5) is 14.0. The number of carbonyl (C=O) groups is 1. The number of piperidine rings is 1. The Labute approximate surface area is 98.7 Å². The van der Waals surface area contributed by atoms with Gasteiger partial charge in [-0.1, -0.05) is 13.0 Å². The van der Waals surface area contributed by atoms with Gasteiger partial charge in [0.15, 0.2) is 0 Å². The number of amides is 1. The molecule has 1 amide bonds. The Morgan fingerprint density at radius 2 is 2.31 bits per heavy atom. The monoisotopic (exact) mass is 224 g/mol. The van der Waals surface area contributed by atoms with Crippen molar-refractivity contribution in [3.63, 3.8) is 0 Å². The molecule has 0 saturated carbocycles. The maximum Gasteiger partial charge on any atom is 0.249 e. The van der Waals surface area contributed by atoms with Gasteiger partial charge in [0, 0.05) is 24.7 Å². The van der Waals surface area contributed by atoms with Crippen LogP contribution in [0.15, 0.2) is 11.6 Å². The second-order valence-electron chi connectivity index (χ2n) is 4.81. The molecule has 1 aliphatic heterocycles. The van der Waals surface area contributed by atoms with E-state index in [1.165, 1.54) is 0 Å². The van der Waals surface area contributed by atoms with Gasteiger partial charge in [-0.3, -0.25) is 4.79 Å². The average molecular weight is 224 g/mol. The van der Waals surface area contributed by atoms with Crippen LogP contribution in [-0.2, 0) is 4.79 Å². The molecule has 0 aromatic carbocycles. The van der Waals surface area contributed by atoms with E-state index >= 15 is 0 Å². The molecule has 1 aliphatic rings. The Morgan fingerprint density at radius 1 is 1.62 bits per heavy atom. The van der Waals surface area contributed by atoms with Crippen LogP contribution < -0.4 is 5.73 Å². The normalized spacial score (nSPS) is 24.4. The van der Waals surface area contributed by atoms with Crippen LogP contribution in [0.3, 0.4) is 0 Å². The molecule has 1 saturated heterocycles. The van der Waals surface area contributed by atoms with Crippen LogP contribution in [0.5, 0.6) is 0 Å². The first kappa shape index (κ1) is 13.2. The highest BCUT2D eigenvalue weighted by atomic mass is 16.2. The molecule has 1 fully saturated rings. The molecule has 3 nitrogen and oxygen atoms in total. The predicted octanol–water partition coefficient (Wildman–Crippen LogP) is 1.93. The Kier molecular flexibility index (Phi) is 5.00. The fraction of sp³-hybridized carbons (Fsp3) is 0.769. The van der Waals surface area contributed by atoms with E-state index in [4.69, 9.17) is 5.73 Å². The molecule has 92 valence electrons. The average Bonchev–Trinajstić information content (AvgIpc) is 2.28. The SMILES string of the molecule is CC/C=C(/C)C(=O)N1CCCC(C(C)N)C1. The molecule has 0 bridgehead atoms. The lowest BCUT2D eigenvalue weighted by Crippen LogP contribution is -2.45. The standard InChI is InChI=1S/C13H24N2O/c1-4-6-10(2)13(16)15-8-5-7-12(9-15)11(3)14/h6,11-12H,4-5,7-9,14H2,1-3H3/b10-6-. The Hall–Kier alpha value is -0.830. The predicted molar refractivity (Wildman–Crippen MR) is 67.0 cm³/mol. The van der Waals surface area contributed by atoms with Crippen molar-refractivity contribution in [3.05, 3.63) is 11.6 Å². The summed E-state index contributed by atoms with van der Waals surface area (Å²) in [7, 11) is 0. The zero-order chi connectivity index (χ0) is 12.1. The van der Waals surface area contributed by atoms with Gasteiger partial charge in [-0.2, -0.15) is 0 Å². The summed E-state index contributed by atoms with van der Waals surface area (Å²) in [6, 6.07) is 0.186. The summed E-state index contributed by atoms with van der Waals surface area (Å²) >= 11 is 0. The second-order valence-corrected chi connectivity index (χ2v) is 4.81. The molecule has 2 unspecified atom stereocenters. The van der Waals surface area contributed by atoms with E-state index in [0.717, 1.165) is 37.9 Å². The van der Waals surface area contributed by atoms with Crippen molar-refractivity contribution in [2.45, 2.75) is 46.1 Å². The van der Waals surface area contributed by atoms with Gasteiger partial charge < -0.3 is 10.6 Å². The summed E-state index contributed by atoms with van der Waals surface area (Å²) in [5, 5.41) is 0. The third-order valence-electron chi connectivity index (χ3n) is 3.34. The highest BCUT2D eigenvalue weighted by Crippen LogP contribution is 2.20. The molecule has 3 heteroatoms. The van der Waals surface area contributed by atoms with E-state index in [0.29, 0.717) is 5.92 Å². The lowest BCUT2D eigenvalue weighted by molar-refractivity contribution is -0.129. The zero-order valence-electron chi connectivity index (χ0n) is 10.7. The fourth-order valence-electron chi connectivity index (χ4n) is 2.27. The number of nitrogens with two attached hydrogens (primary N) is 1.